The Labute approximate surface area is 184 Å². The number of rotatable bonds is 5. The van der Waals surface area contributed by atoms with Crippen LogP contribution in [0.5, 0.6) is 0 Å². The third kappa shape index (κ3) is 4.82. The van der Waals surface area contributed by atoms with Gasteiger partial charge in [-0.1, -0.05) is 57.2 Å². The van der Waals surface area contributed by atoms with Gasteiger partial charge in [0.15, 0.2) is 0 Å². The number of sulfonamides is 1. The third-order valence-corrected chi connectivity index (χ3v) is 7.24. The van der Waals surface area contributed by atoms with Crippen molar-refractivity contribution in [2.45, 2.75) is 63.3 Å². The summed E-state index contributed by atoms with van der Waals surface area (Å²) in [6.07, 6.45) is 0.578. The van der Waals surface area contributed by atoms with Crippen LogP contribution >= 0.6 is 0 Å². The first-order chi connectivity index (χ1) is 14.3. The second-order valence-electron chi connectivity index (χ2n) is 9.44. The quantitative estimate of drug-likeness (QED) is 0.770. The molecule has 1 heterocycles. The molecule has 2 aromatic carbocycles. The zero-order chi connectivity index (χ0) is 23.0. The summed E-state index contributed by atoms with van der Waals surface area (Å²) in [6, 6.07) is 14.2. The summed E-state index contributed by atoms with van der Waals surface area (Å²) >= 11 is 0. The molecule has 0 radical (unpaired) electrons. The van der Waals surface area contributed by atoms with Crippen molar-refractivity contribution < 1.29 is 18.0 Å². The number of nitrogens with one attached hydrogen (secondary N) is 1. The zero-order valence-electron chi connectivity index (χ0n) is 18.7. The number of amides is 2. The zero-order valence-corrected chi connectivity index (χ0v) is 19.5. The van der Waals surface area contributed by atoms with Gasteiger partial charge in [0.25, 0.3) is 15.9 Å². The van der Waals surface area contributed by atoms with E-state index in [1.807, 2.05) is 24.3 Å². The molecule has 1 aliphatic heterocycles. The lowest BCUT2D eigenvalue weighted by atomic mass is 9.84. The molecule has 0 spiro atoms. The summed E-state index contributed by atoms with van der Waals surface area (Å²) in [5.74, 6) is -0.878. The normalized spacial score (nSPS) is 18.9. The van der Waals surface area contributed by atoms with Crippen LogP contribution in [0.3, 0.4) is 0 Å². The second-order valence-corrected chi connectivity index (χ2v) is 11.1. The standard InChI is InChI=1S/C24H30N2O4S/c1-17-7-6-8-20(15-17)31(29,30)25-22(28)24(5)13-14-26(24)21(27)16-18-9-11-19(12-10-18)23(2,3)4/h6-12,15H,13-14,16H2,1-5H3,(H,25,28). The monoisotopic (exact) mass is 442 g/mol. The van der Waals surface area contributed by atoms with E-state index in [0.29, 0.717) is 13.0 Å². The molecule has 1 aliphatic rings. The first-order valence-electron chi connectivity index (χ1n) is 10.4. The van der Waals surface area contributed by atoms with Gasteiger partial charge in [0.1, 0.15) is 5.54 Å². The second kappa shape index (κ2) is 8.11. The summed E-state index contributed by atoms with van der Waals surface area (Å²) in [4.78, 5) is 27.2. The average Bonchev–Trinajstić information content (AvgIpc) is 2.65. The fourth-order valence-electron chi connectivity index (χ4n) is 3.66. The highest BCUT2D eigenvalue weighted by molar-refractivity contribution is 7.90. The van der Waals surface area contributed by atoms with Crippen molar-refractivity contribution >= 4 is 21.8 Å². The van der Waals surface area contributed by atoms with Crippen LogP contribution in [-0.4, -0.2) is 37.2 Å². The van der Waals surface area contributed by atoms with E-state index in [1.165, 1.54) is 22.6 Å². The molecule has 1 fully saturated rings. The number of nitrogens with zero attached hydrogens (tertiary/aromatic N) is 1. The maximum atomic E-state index is 12.9. The van der Waals surface area contributed by atoms with E-state index in [4.69, 9.17) is 0 Å². The number of carbonyl (C=O) groups is 2. The Kier molecular flexibility index (Phi) is 6.02. The van der Waals surface area contributed by atoms with Crippen molar-refractivity contribution in [2.75, 3.05) is 6.54 Å². The van der Waals surface area contributed by atoms with Crippen LogP contribution in [0.2, 0.25) is 0 Å². The summed E-state index contributed by atoms with van der Waals surface area (Å²) in [5.41, 5.74) is 1.66. The summed E-state index contributed by atoms with van der Waals surface area (Å²) in [7, 11) is -4.01. The fraction of sp³-hybridized carbons (Fsp3) is 0.417. The Bertz CT molecular complexity index is 1100. The van der Waals surface area contributed by atoms with Crippen molar-refractivity contribution in [3.8, 4) is 0 Å². The largest absolute Gasteiger partial charge is 0.328 e. The van der Waals surface area contributed by atoms with E-state index >= 15 is 0 Å². The lowest BCUT2D eigenvalue weighted by Crippen LogP contribution is -2.68. The smallest absolute Gasteiger partial charge is 0.264 e. The predicted octanol–water partition coefficient (Wildman–Crippen LogP) is 3.33. The van der Waals surface area contributed by atoms with Gasteiger partial charge in [-0.3, -0.25) is 9.59 Å². The van der Waals surface area contributed by atoms with Crippen molar-refractivity contribution in [2.24, 2.45) is 0 Å². The molecular formula is C24H30N2O4S. The highest BCUT2D eigenvalue weighted by Crippen LogP contribution is 2.32. The van der Waals surface area contributed by atoms with Crippen LogP contribution in [0, 0.1) is 6.92 Å². The predicted molar refractivity (Wildman–Crippen MR) is 120 cm³/mol. The van der Waals surface area contributed by atoms with Gasteiger partial charge in [-0.05, 0) is 54.5 Å². The van der Waals surface area contributed by atoms with Crippen molar-refractivity contribution in [1.29, 1.82) is 0 Å². The highest BCUT2D eigenvalue weighted by atomic mass is 32.2. The van der Waals surface area contributed by atoms with E-state index in [0.717, 1.165) is 11.1 Å². The van der Waals surface area contributed by atoms with Gasteiger partial charge in [-0.15, -0.1) is 0 Å². The number of likely N-dealkylation sites (tertiary alicyclic amines) is 1. The molecule has 166 valence electrons. The molecule has 6 nitrogen and oxygen atoms in total. The van der Waals surface area contributed by atoms with Crippen molar-refractivity contribution in [1.82, 2.24) is 9.62 Å². The van der Waals surface area contributed by atoms with Gasteiger partial charge in [0, 0.05) is 6.54 Å². The molecule has 0 bridgehead atoms. The lowest BCUT2D eigenvalue weighted by molar-refractivity contribution is -0.156. The molecule has 2 aromatic rings. The van der Waals surface area contributed by atoms with E-state index < -0.39 is 21.5 Å². The number of hydrogen-bond acceptors (Lipinski definition) is 4. The Morgan fingerprint density at radius 3 is 2.26 bits per heavy atom. The number of aryl methyl sites for hydroxylation is 1. The van der Waals surface area contributed by atoms with Gasteiger partial charge in [0.2, 0.25) is 5.91 Å². The SMILES string of the molecule is Cc1cccc(S(=O)(=O)NC(=O)C2(C)CCN2C(=O)Cc2ccc(C(C)(C)C)cc2)c1. The third-order valence-electron chi connectivity index (χ3n) is 5.91. The first-order valence-corrected chi connectivity index (χ1v) is 11.8. The van der Waals surface area contributed by atoms with Crippen LogP contribution in [0.25, 0.3) is 0 Å². The number of hydrogen-bond donors (Lipinski definition) is 1. The molecule has 3 rings (SSSR count). The molecular weight excluding hydrogens is 412 g/mol. The Hall–Kier alpha value is -2.67. The van der Waals surface area contributed by atoms with E-state index in [-0.39, 0.29) is 22.6 Å². The molecule has 1 N–H and O–H groups in total. The van der Waals surface area contributed by atoms with Gasteiger partial charge < -0.3 is 4.90 Å². The van der Waals surface area contributed by atoms with E-state index in [9.17, 15) is 18.0 Å². The van der Waals surface area contributed by atoms with Gasteiger partial charge in [0.05, 0.1) is 11.3 Å². The van der Waals surface area contributed by atoms with Gasteiger partial charge in [-0.2, -0.15) is 0 Å². The van der Waals surface area contributed by atoms with Crippen molar-refractivity contribution in [3.05, 3.63) is 65.2 Å². The Morgan fingerprint density at radius 2 is 1.74 bits per heavy atom. The first kappa shape index (κ1) is 23.0. The minimum absolute atomic E-state index is 0.0272. The van der Waals surface area contributed by atoms with Crippen LogP contribution in [-0.2, 0) is 31.4 Å². The van der Waals surface area contributed by atoms with Gasteiger partial charge >= 0.3 is 0 Å². The molecule has 1 unspecified atom stereocenters. The molecule has 1 atom stereocenters. The average molecular weight is 443 g/mol. The van der Waals surface area contributed by atoms with E-state index in [2.05, 4.69) is 25.5 Å². The minimum Gasteiger partial charge on any atom is -0.328 e. The summed E-state index contributed by atoms with van der Waals surface area (Å²) in [5, 5.41) is 0. The molecule has 1 saturated heterocycles. The fourth-order valence-corrected chi connectivity index (χ4v) is 4.84. The molecule has 0 aromatic heterocycles. The number of carbonyl (C=O) groups excluding carboxylic acids is 2. The number of benzene rings is 2. The maximum absolute atomic E-state index is 12.9. The maximum Gasteiger partial charge on any atom is 0.264 e. The molecule has 0 saturated carbocycles. The minimum atomic E-state index is -4.01. The molecule has 7 heteroatoms. The topological polar surface area (TPSA) is 83.6 Å². The van der Waals surface area contributed by atoms with Crippen molar-refractivity contribution in [3.63, 3.8) is 0 Å². The lowest BCUT2D eigenvalue weighted by Gasteiger charge is -2.49. The van der Waals surface area contributed by atoms with Crippen LogP contribution in [0.15, 0.2) is 53.4 Å². The summed E-state index contributed by atoms with van der Waals surface area (Å²) < 4.78 is 27.4. The molecule has 0 aliphatic carbocycles. The molecule has 31 heavy (non-hydrogen) atoms. The Morgan fingerprint density at radius 1 is 1.10 bits per heavy atom. The van der Waals surface area contributed by atoms with Crippen LogP contribution < -0.4 is 4.72 Å². The van der Waals surface area contributed by atoms with E-state index in [1.54, 1.807) is 26.0 Å². The summed E-state index contributed by atoms with van der Waals surface area (Å²) in [6.45, 7) is 10.2. The molecule has 2 amide bonds. The highest BCUT2D eigenvalue weighted by Gasteiger charge is 2.50. The van der Waals surface area contributed by atoms with Gasteiger partial charge in [-0.25, -0.2) is 13.1 Å². The van der Waals surface area contributed by atoms with Crippen LogP contribution in [0.1, 0.15) is 50.8 Å². The van der Waals surface area contributed by atoms with Crippen LogP contribution in [0.4, 0.5) is 0 Å². The Balaban J connectivity index is 1.70.